The molecule has 13 heteroatoms. The van der Waals surface area contributed by atoms with Gasteiger partial charge in [-0.05, 0) is 48.9 Å². The van der Waals surface area contributed by atoms with Gasteiger partial charge in [0.2, 0.25) is 0 Å². The lowest BCUT2D eigenvalue weighted by Crippen LogP contribution is -2.41. The lowest BCUT2D eigenvalue weighted by molar-refractivity contribution is -0.140. The van der Waals surface area contributed by atoms with Crippen molar-refractivity contribution in [2.75, 3.05) is 6.61 Å². The number of nitrogens with zero attached hydrogens (tertiary/aromatic N) is 2. The Balaban J connectivity index is 1.71. The van der Waals surface area contributed by atoms with E-state index in [0.29, 0.717) is 21.4 Å². The Hall–Kier alpha value is -3.31. The maximum absolute atomic E-state index is 14.2. The average molecular weight is 628 g/mol. The number of halogens is 6. The minimum absolute atomic E-state index is 0.0300. The maximum atomic E-state index is 14.2. The molecule has 0 amide bonds. The van der Waals surface area contributed by atoms with Crippen LogP contribution in [0.1, 0.15) is 24.3 Å². The molecule has 5 rings (SSSR count). The van der Waals surface area contributed by atoms with E-state index < -0.39 is 35.0 Å². The lowest BCUT2D eigenvalue weighted by Gasteiger charge is -2.26. The molecule has 1 atom stereocenters. The summed E-state index contributed by atoms with van der Waals surface area (Å²) in [4.78, 5) is 30.0. The Morgan fingerprint density at radius 2 is 1.85 bits per heavy atom. The number of aromatic nitrogens is 1. The number of hydrogen-bond donors (Lipinski definition) is 0. The molecule has 0 fully saturated rings. The van der Waals surface area contributed by atoms with Crippen molar-refractivity contribution in [2.24, 2.45) is 4.99 Å². The van der Waals surface area contributed by atoms with E-state index in [1.54, 1.807) is 30.3 Å². The van der Waals surface area contributed by atoms with Crippen molar-refractivity contribution in [3.05, 3.63) is 112 Å². The fourth-order valence-corrected chi connectivity index (χ4v) is 5.70. The van der Waals surface area contributed by atoms with Gasteiger partial charge in [0, 0.05) is 16.7 Å². The third kappa shape index (κ3) is 5.24. The molecule has 0 aliphatic carbocycles. The van der Waals surface area contributed by atoms with E-state index in [-0.39, 0.29) is 32.3 Å². The van der Waals surface area contributed by atoms with Crippen LogP contribution in [-0.4, -0.2) is 23.3 Å². The summed E-state index contributed by atoms with van der Waals surface area (Å²) in [6.45, 7) is 1.29. The van der Waals surface area contributed by atoms with E-state index in [4.69, 9.17) is 44.0 Å². The number of carbonyl (C=O) groups excluding carboxylic acids is 1. The summed E-state index contributed by atoms with van der Waals surface area (Å²) in [5.41, 5.74) is -2.17. The van der Waals surface area contributed by atoms with Gasteiger partial charge in [0.15, 0.2) is 10.5 Å². The molecular weight excluding hydrogens is 612 g/mol. The van der Waals surface area contributed by atoms with Gasteiger partial charge in [-0.15, -0.1) is 0 Å². The fourth-order valence-electron chi connectivity index (χ4n) is 4.20. The van der Waals surface area contributed by atoms with E-state index in [2.05, 4.69) is 4.99 Å². The van der Waals surface area contributed by atoms with Crippen molar-refractivity contribution in [1.29, 1.82) is 0 Å². The van der Waals surface area contributed by atoms with E-state index in [0.717, 1.165) is 15.9 Å². The van der Waals surface area contributed by atoms with Crippen molar-refractivity contribution >= 4 is 58.2 Å². The summed E-state index contributed by atoms with van der Waals surface area (Å²) in [7, 11) is 0. The largest absolute Gasteiger partial charge is 0.463 e. The summed E-state index contributed by atoms with van der Waals surface area (Å²) in [6, 6.07) is 12.5. The predicted molar refractivity (Wildman–Crippen MR) is 146 cm³/mol. The summed E-state index contributed by atoms with van der Waals surface area (Å²) in [6.07, 6.45) is -3.62. The highest BCUT2D eigenvalue weighted by molar-refractivity contribution is 7.07. The van der Waals surface area contributed by atoms with Gasteiger partial charge in [0.25, 0.3) is 5.56 Å². The molecule has 1 aliphatic heterocycles. The SMILES string of the molecule is CCOC(=O)C1=C(C(F)(F)F)N=c2s/c(=C\c3ccc(-c4cccc(Cl)c4Cl)o3)c(=O)n2[C@H]1c1ccc(Cl)cc1. The van der Waals surface area contributed by atoms with Gasteiger partial charge in [-0.25, -0.2) is 9.79 Å². The van der Waals surface area contributed by atoms with Gasteiger partial charge in [-0.3, -0.25) is 9.36 Å². The number of furan rings is 1. The van der Waals surface area contributed by atoms with Gasteiger partial charge in [-0.1, -0.05) is 64.3 Å². The molecule has 2 aromatic heterocycles. The fraction of sp³-hybridized carbons (Fsp3) is 0.148. The number of hydrogen-bond acceptors (Lipinski definition) is 6. The topological polar surface area (TPSA) is 73.8 Å². The maximum Gasteiger partial charge on any atom is 0.434 e. The minimum atomic E-state index is -5.01. The van der Waals surface area contributed by atoms with E-state index in [9.17, 15) is 22.8 Å². The Bertz CT molecular complexity index is 1840. The highest BCUT2D eigenvalue weighted by atomic mass is 35.5. The number of carbonyl (C=O) groups is 1. The van der Waals surface area contributed by atoms with Crippen LogP contribution in [0, 0.1) is 0 Å². The van der Waals surface area contributed by atoms with Gasteiger partial charge >= 0.3 is 12.1 Å². The zero-order valence-electron chi connectivity index (χ0n) is 20.3. The highest BCUT2D eigenvalue weighted by Crippen LogP contribution is 2.39. The average Bonchev–Trinajstić information content (AvgIpc) is 3.49. The van der Waals surface area contributed by atoms with E-state index in [1.165, 1.54) is 37.3 Å². The highest BCUT2D eigenvalue weighted by Gasteiger charge is 2.45. The molecular formula is C27H16Cl3F3N2O4S. The second-order valence-electron chi connectivity index (χ2n) is 8.42. The van der Waals surface area contributed by atoms with Gasteiger partial charge in [-0.2, -0.15) is 13.2 Å². The van der Waals surface area contributed by atoms with Crippen LogP contribution in [0.25, 0.3) is 17.4 Å². The number of esters is 1. The molecule has 6 nitrogen and oxygen atoms in total. The zero-order valence-corrected chi connectivity index (χ0v) is 23.3. The smallest absolute Gasteiger partial charge is 0.434 e. The van der Waals surface area contributed by atoms with Crippen LogP contribution >= 0.6 is 46.1 Å². The molecule has 2 aromatic carbocycles. The first kappa shape index (κ1) is 28.2. The number of alkyl halides is 3. The monoisotopic (exact) mass is 626 g/mol. The molecule has 1 aliphatic rings. The van der Waals surface area contributed by atoms with Crippen molar-refractivity contribution in [1.82, 2.24) is 4.57 Å². The quantitative estimate of drug-likeness (QED) is 0.235. The molecule has 206 valence electrons. The summed E-state index contributed by atoms with van der Waals surface area (Å²) >= 11 is 19.1. The Morgan fingerprint density at radius 3 is 2.52 bits per heavy atom. The molecule has 0 bridgehead atoms. The third-order valence-electron chi connectivity index (χ3n) is 5.90. The first-order chi connectivity index (χ1) is 19.0. The number of rotatable bonds is 5. The molecule has 40 heavy (non-hydrogen) atoms. The van der Waals surface area contributed by atoms with Gasteiger partial charge in [0.05, 0.1) is 32.8 Å². The summed E-state index contributed by atoms with van der Waals surface area (Å²) in [5.74, 6) is -0.628. The third-order valence-corrected chi connectivity index (χ3v) is 7.95. The molecule has 0 spiro atoms. The number of thiazole rings is 1. The molecule has 0 saturated heterocycles. The second-order valence-corrected chi connectivity index (χ2v) is 10.6. The van der Waals surface area contributed by atoms with Crippen LogP contribution in [0.5, 0.6) is 0 Å². The number of allylic oxidation sites excluding steroid dienone is 1. The van der Waals surface area contributed by atoms with Crippen LogP contribution in [0.4, 0.5) is 13.2 Å². The molecule has 3 heterocycles. The van der Waals surface area contributed by atoms with Crippen LogP contribution in [0.2, 0.25) is 15.1 Å². The zero-order chi connectivity index (χ0) is 28.8. The van der Waals surface area contributed by atoms with Crippen LogP contribution in [-0.2, 0) is 9.53 Å². The van der Waals surface area contributed by atoms with Crippen LogP contribution in [0.15, 0.2) is 80.1 Å². The van der Waals surface area contributed by atoms with E-state index >= 15 is 0 Å². The van der Waals surface area contributed by atoms with Crippen LogP contribution < -0.4 is 14.9 Å². The Morgan fingerprint density at radius 1 is 1.12 bits per heavy atom. The minimum Gasteiger partial charge on any atom is -0.463 e. The number of ether oxygens (including phenoxy) is 1. The summed E-state index contributed by atoms with van der Waals surface area (Å²) in [5, 5.41) is 0.923. The second kappa shape index (κ2) is 10.9. The Labute approximate surface area is 243 Å². The van der Waals surface area contributed by atoms with Crippen molar-refractivity contribution in [3.8, 4) is 11.3 Å². The van der Waals surface area contributed by atoms with Crippen molar-refractivity contribution in [2.45, 2.75) is 19.1 Å². The van der Waals surface area contributed by atoms with E-state index in [1.807, 2.05) is 0 Å². The normalized spacial score (nSPS) is 15.7. The van der Waals surface area contributed by atoms with Crippen molar-refractivity contribution in [3.63, 3.8) is 0 Å². The van der Waals surface area contributed by atoms with Crippen LogP contribution in [0.3, 0.4) is 0 Å². The first-order valence-corrected chi connectivity index (χ1v) is 13.5. The standard InChI is InChI=1S/C27H16Cl3F3N2O4S/c1-2-38-25(37)20-22(13-6-8-14(28)9-7-13)35-24(36)19(40-26(35)34-23(20)27(31,32)33)12-15-10-11-18(39-15)16-4-3-5-17(29)21(16)30/h3-12,22H,2H2,1H3/b19-12-/t22-/m0/s1. The lowest BCUT2D eigenvalue weighted by atomic mass is 9.95. The molecule has 0 saturated carbocycles. The Kier molecular flexibility index (Phi) is 7.71. The molecule has 0 N–H and O–H groups in total. The van der Waals surface area contributed by atoms with Gasteiger partial charge < -0.3 is 9.15 Å². The number of fused-ring (bicyclic) bond motifs is 1. The number of benzene rings is 2. The first-order valence-electron chi connectivity index (χ1n) is 11.6. The van der Waals surface area contributed by atoms with Gasteiger partial charge in [0.1, 0.15) is 11.5 Å². The molecule has 4 aromatic rings. The summed E-state index contributed by atoms with van der Waals surface area (Å²) < 4.78 is 54.5. The molecule has 0 unspecified atom stereocenters. The van der Waals surface area contributed by atoms with Crippen molar-refractivity contribution < 1.29 is 27.1 Å². The molecule has 0 radical (unpaired) electrons. The predicted octanol–water partition coefficient (Wildman–Crippen LogP) is 6.56.